The topological polar surface area (TPSA) is 109 Å². The zero-order valence-electron chi connectivity index (χ0n) is 20.5. The van der Waals surface area contributed by atoms with Gasteiger partial charge in [0, 0.05) is 29.7 Å². The van der Waals surface area contributed by atoms with Gasteiger partial charge in [0.05, 0.1) is 5.56 Å². The van der Waals surface area contributed by atoms with Crippen LogP contribution in [-0.2, 0) is 4.74 Å². The molecular formula is C25H36N4O4S. The molecule has 0 unspecified atom stereocenters. The van der Waals surface area contributed by atoms with Gasteiger partial charge in [0.15, 0.2) is 0 Å². The Morgan fingerprint density at radius 2 is 1.59 bits per heavy atom. The van der Waals surface area contributed by atoms with Crippen LogP contribution in [0.5, 0.6) is 0 Å². The molecule has 0 atom stereocenters. The van der Waals surface area contributed by atoms with Crippen molar-refractivity contribution in [2.45, 2.75) is 59.0 Å². The lowest BCUT2D eigenvalue weighted by atomic mass is 9.82. The number of amides is 4. The average Bonchev–Trinajstić information content (AvgIpc) is 3.13. The Morgan fingerprint density at radius 1 is 0.971 bits per heavy atom. The zero-order chi connectivity index (χ0) is 24.7. The van der Waals surface area contributed by atoms with Gasteiger partial charge in [-0.05, 0) is 71.3 Å². The Morgan fingerprint density at radius 3 is 2.21 bits per heavy atom. The molecule has 3 rings (SSSR count). The van der Waals surface area contributed by atoms with Crippen molar-refractivity contribution in [3.8, 4) is 0 Å². The summed E-state index contributed by atoms with van der Waals surface area (Å²) in [6.07, 6.45) is 3.62. The van der Waals surface area contributed by atoms with Crippen LogP contribution in [0.4, 0.5) is 14.6 Å². The number of benzene rings is 1. The highest BCUT2D eigenvalue weighted by Crippen LogP contribution is 2.36. The van der Waals surface area contributed by atoms with E-state index in [2.05, 4.69) is 21.3 Å². The SMILES string of the molecule is CCNC(=O)Nc1sc2ccccc2c1C(=O)NCC1CCC(CNC(=O)OC(C)(C)C)CC1. The van der Waals surface area contributed by atoms with Gasteiger partial charge in [0.2, 0.25) is 0 Å². The molecule has 1 aliphatic rings. The van der Waals surface area contributed by atoms with Gasteiger partial charge in [-0.3, -0.25) is 10.1 Å². The molecular weight excluding hydrogens is 452 g/mol. The monoisotopic (exact) mass is 488 g/mol. The van der Waals surface area contributed by atoms with Gasteiger partial charge in [-0.1, -0.05) is 18.2 Å². The van der Waals surface area contributed by atoms with Gasteiger partial charge in [0.1, 0.15) is 10.6 Å². The minimum absolute atomic E-state index is 0.169. The molecule has 0 bridgehead atoms. The van der Waals surface area contributed by atoms with E-state index in [1.54, 1.807) is 0 Å². The largest absolute Gasteiger partial charge is 0.444 e. The standard InChI is InChI=1S/C25H36N4O4S/c1-5-26-23(31)29-22-20(18-8-6-7-9-19(18)34-22)21(30)27-14-16-10-12-17(13-11-16)15-28-24(32)33-25(2,3)4/h6-9,16-17H,5,10-15H2,1-4H3,(H,27,30)(H,28,32)(H2,26,29,31). The van der Waals surface area contributed by atoms with E-state index in [-0.39, 0.29) is 18.0 Å². The number of urea groups is 1. The second kappa shape index (κ2) is 11.6. The fraction of sp³-hybridized carbons (Fsp3) is 0.560. The molecule has 186 valence electrons. The third-order valence-corrected chi connectivity index (χ3v) is 6.92. The fourth-order valence-electron chi connectivity index (χ4n) is 4.17. The third-order valence-electron chi connectivity index (χ3n) is 5.84. The Hall–Kier alpha value is -2.81. The van der Waals surface area contributed by atoms with Gasteiger partial charge in [-0.15, -0.1) is 11.3 Å². The van der Waals surface area contributed by atoms with Crippen molar-refractivity contribution in [2.75, 3.05) is 25.0 Å². The molecule has 0 spiro atoms. The normalized spacial score (nSPS) is 18.2. The van der Waals surface area contributed by atoms with E-state index in [4.69, 9.17) is 4.74 Å². The number of ether oxygens (including phenoxy) is 1. The lowest BCUT2D eigenvalue weighted by molar-refractivity contribution is 0.0512. The molecule has 1 aromatic carbocycles. The van der Waals surface area contributed by atoms with E-state index in [0.717, 1.165) is 35.8 Å². The molecule has 1 aromatic heterocycles. The van der Waals surface area contributed by atoms with E-state index < -0.39 is 5.60 Å². The van der Waals surface area contributed by atoms with Crippen LogP contribution in [0.1, 0.15) is 63.7 Å². The number of hydrogen-bond acceptors (Lipinski definition) is 5. The van der Waals surface area contributed by atoms with Crippen LogP contribution < -0.4 is 21.3 Å². The van der Waals surface area contributed by atoms with E-state index in [9.17, 15) is 14.4 Å². The van der Waals surface area contributed by atoms with Gasteiger partial charge < -0.3 is 20.7 Å². The van der Waals surface area contributed by atoms with Crippen LogP contribution >= 0.6 is 11.3 Å². The molecule has 1 saturated carbocycles. The lowest BCUT2D eigenvalue weighted by Gasteiger charge is -2.29. The van der Waals surface area contributed by atoms with Crippen molar-refractivity contribution in [3.05, 3.63) is 29.8 Å². The second-order valence-electron chi connectivity index (χ2n) is 9.77. The summed E-state index contributed by atoms with van der Waals surface area (Å²) in [6, 6.07) is 7.36. The smallest absolute Gasteiger partial charge is 0.407 e. The van der Waals surface area contributed by atoms with Gasteiger partial charge in [0.25, 0.3) is 5.91 Å². The van der Waals surface area contributed by atoms with Crippen LogP contribution in [0.3, 0.4) is 0 Å². The number of hydrogen-bond donors (Lipinski definition) is 4. The highest BCUT2D eigenvalue weighted by Gasteiger charge is 2.25. The minimum Gasteiger partial charge on any atom is -0.444 e. The summed E-state index contributed by atoms with van der Waals surface area (Å²) in [5.41, 5.74) is 0.0187. The molecule has 4 amide bonds. The first-order chi connectivity index (χ1) is 16.2. The highest BCUT2D eigenvalue weighted by atomic mass is 32.1. The predicted octanol–water partition coefficient (Wildman–Crippen LogP) is 5.10. The molecule has 0 aliphatic heterocycles. The first kappa shape index (κ1) is 25.8. The molecule has 8 nitrogen and oxygen atoms in total. The summed E-state index contributed by atoms with van der Waals surface area (Å²) in [4.78, 5) is 37.1. The molecule has 0 saturated heterocycles. The van der Waals surface area contributed by atoms with Crippen LogP contribution in [-0.4, -0.2) is 43.3 Å². The first-order valence-corrected chi connectivity index (χ1v) is 12.8. The van der Waals surface area contributed by atoms with E-state index in [1.165, 1.54) is 11.3 Å². The third kappa shape index (κ3) is 7.35. The summed E-state index contributed by atoms with van der Waals surface area (Å²) < 4.78 is 6.26. The zero-order valence-corrected chi connectivity index (χ0v) is 21.3. The number of carbonyl (C=O) groups excluding carboxylic acids is 3. The molecule has 1 fully saturated rings. The fourth-order valence-corrected chi connectivity index (χ4v) is 5.27. The Bertz CT molecular complexity index is 1010. The average molecular weight is 489 g/mol. The van der Waals surface area contributed by atoms with Crippen molar-refractivity contribution in [2.24, 2.45) is 11.8 Å². The maximum Gasteiger partial charge on any atom is 0.407 e. The van der Waals surface area contributed by atoms with Crippen LogP contribution in [0, 0.1) is 11.8 Å². The number of nitrogens with one attached hydrogen (secondary N) is 4. The molecule has 1 aliphatic carbocycles. The number of alkyl carbamates (subject to hydrolysis) is 1. The van der Waals surface area contributed by atoms with Gasteiger partial charge in [-0.2, -0.15) is 0 Å². The summed E-state index contributed by atoms with van der Waals surface area (Å²) >= 11 is 1.40. The Labute approximate surface area is 205 Å². The Balaban J connectivity index is 1.52. The number of anilines is 1. The van der Waals surface area contributed by atoms with Crippen LogP contribution in [0.2, 0.25) is 0 Å². The molecule has 1 heterocycles. The lowest BCUT2D eigenvalue weighted by Crippen LogP contribution is -2.37. The summed E-state index contributed by atoms with van der Waals surface area (Å²) in [5.74, 6) is 0.651. The predicted molar refractivity (Wildman–Crippen MR) is 137 cm³/mol. The van der Waals surface area contributed by atoms with Gasteiger partial charge in [-0.25, -0.2) is 9.59 Å². The van der Waals surface area contributed by atoms with Crippen molar-refractivity contribution in [3.63, 3.8) is 0 Å². The maximum absolute atomic E-state index is 13.1. The van der Waals surface area contributed by atoms with Gasteiger partial charge >= 0.3 is 12.1 Å². The van der Waals surface area contributed by atoms with Crippen molar-refractivity contribution in [1.29, 1.82) is 0 Å². The van der Waals surface area contributed by atoms with E-state index >= 15 is 0 Å². The summed E-state index contributed by atoms with van der Waals surface area (Å²) in [6.45, 7) is 9.12. The quantitative estimate of drug-likeness (QED) is 0.435. The number of thiophene rings is 1. The molecule has 9 heteroatoms. The highest BCUT2D eigenvalue weighted by molar-refractivity contribution is 7.23. The second-order valence-corrected chi connectivity index (χ2v) is 10.8. The first-order valence-electron chi connectivity index (χ1n) is 12.0. The van der Waals surface area contributed by atoms with Crippen LogP contribution in [0.15, 0.2) is 24.3 Å². The molecule has 2 aromatic rings. The number of rotatable bonds is 7. The van der Waals surface area contributed by atoms with Crippen LogP contribution in [0.25, 0.3) is 10.1 Å². The van der Waals surface area contributed by atoms with E-state index in [1.807, 2.05) is 52.0 Å². The minimum atomic E-state index is -0.497. The maximum atomic E-state index is 13.1. The molecule has 4 N–H and O–H groups in total. The summed E-state index contributed by atoms with van der Waals surface area (Å²) in [7, 11) is 0. The van der Waals surface area contributed by atoms with E-state index in [0.29, 0.717) is 42.0 Å². The van der Waals surface area contributed by atoms with Crippen molar-refractivity contribution >= 4 is 44.5 Å². The number of carbonyl (C=O) groups is 3. The van der Waals surface area contributed by atoms with Crippen molar-refractivity contribution in [1.82, 2.24) is 16.0 Å². The summed E-state index contributed by atoms with van der Waals surface area (Å²) in [5, 5.41) is 12.9. The molecule has 34 heavy (non-hydrogen) atoms. The number of fused-ring (bicyclic) bond motifs is 1. The van der Waals surface area contributed by atoms with Crippen molar-refractivity contribution < 1.29 is 19.1 Å². The molecule has 0 radical (unpaired) electrons. The Kier molecular flexibility index (Phi) is 8.77.